The van der Waals surface area contributed by atoms with Crippen LogP contribution in [0.1, 0.15) is 37.4 Å². The van der Waals surface area contributed by atoms with Crippen LogP contribution in [0.25, 0.3) is 0 Å². The van der Waals surface area contributed by atoms with E-state index in [0.29, 0.717) is 17.7 Å². The molecule has 1 aliphatic heterocycles. The molecule has 0 fully saturated rings. The van der Waals surface area contributed by atoms with Crippen molar-refractivity contribution in [3.8, 4) is 5.75 Å². The zero-order valence-electron chi connectivity index (χ0n) is 10.3. The van der Waals surface area contributed by atoms with Crippen LogP contribution >= 0.6 is 0 Å². The second kappa shape index (κ2) is 4.16. The van der Waals surface area contributed by atoms with Crippen molar-refractivity contribution in [3.63, 3.8) is 0 Å². The first-order valence-corrected chi connectivity index (χ1v) is 5.81. The van der Waals surface area contributed by atoms with Crippen LogP contribution in [0, 0.1) is 0 Å². The Labute approximate surface area is 104 Å². The smallest absolute Gasteiger partial charge is 0.390 e. The molecule has 0 bridgehead atoms. The number of rotatable bonds is 2. The van der Waals surface area contributed by atoms with Crippen LogP contribution in [0.5, 0.6) is 5.75 Å². The molecule has 0 radical (unpaired) electrons. The van der Waals surface area contributed by atoms with Gasteiger partial charge >= 0.3 is 6.18 Å². The summed E-state index contributed by atoms with van der Waals surface area (Å²) in [5.41, 5.74) is 6.63. The number of halogens is 3. The van der Waals surface area contributed by atoms with Crippen LogP contribution in [0.2, 0.25) is 0 Å². The molecule has 5 heteroatoms. The van der Waals surface area contributed by atoms with E-state index in [2.05, 4.69) is 0 Å². The van der Waals surface area contributed by atoms with Gasteiger partial charge in [-0.15, -0.1) is 0 Å². The maximum atomic E-state index is 12.4. The van der Waals surface area contributed by atoms with Crippen molar-refractivity contribution in [1.29, 1.82) is 0 Å². The minimum atomic E-state index is -4.27. The molecule has 0 spiro atoms. The SMILES string of the molecule is CC1(C)Cc2cccc([C@H](N)CC(F)(F)F)c2O1. The standard InChI is InChI=1S/C13H16F3NO/c1-12(2)6-8-4-3-5-9(11(8)18-12)10(17)7-13(14,15)16/h3-5,10H,6-7,17H2,1-2H3/t10-/m1/s1. The Morgan fingerprint density at radius 1 is 1.39 bits per heavy atom. The summed E-state index contributed by atoms with van der Waals surface area (Å²) in [7, 11) is 0. The molecule has 1 aromatic rings. The minimum Gasteiger partial charge on any atom is -0.487 e. The Hall–Kier alpha value is -1.23. The van der Waals surface area contributed by atoms with E-state index >= 15 is 0 Å². The molecule has 1 aliphatic rings. The lowest BCUT2D eigenvalue weighted by atomic mass is 9.97. The highest BCUT2D eigenvalue weighted by molar-refractivity contribution is 5.47. The first-order chi connectivity index (χ1) is 8.18. The van der Waals surface area contributed by atoms with Gasteiger partial charge in [-0.3, -0.25) is 0 Å². The lowest BCUT2D eigenvalue weighted by molar-refractivity contribution is -0.138. The molecule has 2 rings (SSSR count). The molecule has 0 saturated heterocycles. The molecule has 18 heavy (non-hydrogen) atoms. The van der Waals surface area contributed by atoms with E-state index in [1.165, 1.54) is 0 Å². The lowest BCUT2D eigenvalue weighted by Crippen LogP contribution is -2.25. The molecule has 2 N–H and O–H groups in total. The summed E-state index contributed by atoms with van der Waals surface area (Å²) in [4.78, 5) is 0. The maximum Gasteiger partial charge on any atom is 0.390 e. The van der Waals surface area contributed by atoms with Crippen LogP contribution in [-0.2, 0) is 6.42 Å². The van der Waals surface area contributed by atoms with E-state index in [1.807, 2.05) is 19.9 Å². The van der Waals surface area contributed by atoms with Crippen molar-refractivity contribution in [2.45, 2.75) is 44.5 Å². The predicted octanol–water partition coefficient (Wildman–Crippen LogP) is 3.35. The third-order valence-corrected chi connectivity index (χ3v) is 2.97. The van der Waals surface area contributed by atoms with Gasteiger partial charge in [-0.25, -0.2) is 0 Å². The summed E-state index contributed by atoms with van der Waals surface area (Å²) in [6.07, 6.45) is -4.61. The zero-order valence-corrected chi connectivity index (χ0v) is 10.3. The Balaban J connectivity index is 2.29. The summed E-state index contributed by atoms with van der Waals surface area (Å²) in [5, 5.41) is 0. The number of fused-ring (bicyclic) bond motifs is 1. The van der Waals surface area contributed by atoms with E-state index in [0.717, 1.165) is 5.56 Å². The highest BCUT2D eigenvalue weighted by Crippen LogP contribution is 2.41. The topological polar surface area (TPSA) is 35.2 Å². The molecule has 0 aliphatic carbocycles. The number of benzene rings is 1. The Kier molecular flexibility index (Phi) is 3.05. The number of ether oxygens (including phenoxy) is 1. The summed E-state index contributed by atoms with van der Waals surface area (Å²) in [5.74, 6) is 0.527. The quantitative estimate of drug-likeness (QED) is 0.884. The number of nitrogens with two attached hydrogens (primary N) is 1. The van der Waals surface area contributed by atoms with Gasteiger partial charge in [0.05, 0.1) is 6.42 Å². The highest BCUT2D eigenvalue weighted by Gasteiger charge is 2.36. The van der Waals surface area contributed by atoms with E-state index in [-0.39, 0.29) is 5.60 Å². The van der Waals surface area contributed by atoms with Gasteiger partial charge in [0.25, 0.3) is 0 Å². The first kappa shape index (κ1) is 13.2. The number of para-hydroxylation sites is 1. The predicted molar refractivity (Wildman–Crippen MR) is 62.5 cm³/mol. The summed E-state index contributed by atoms with van der Waals surface area (Å²) in [6, 6.07) is 4.13. The number of alkyl halides is 3. The van der Waals surface area contributed by atoms with Gasteiger partial charge in [0.2, 0.25) is 0 Å². The van der Waals surface area contributed by atoms with Crippen molar-refractivity contribution >= 4 is 0 Å². The van der Waals surface area contributed by atoms with Crippen molar-refractivity contribution in [3.05, 3.63) is 29.3 Å². The first-order valence-electron chi connectivity index (χ1n) is 5.81. The van der Waals surface area contributed by atoms with Crippen LogP contribution < -0.4 is 10.5 Å². The molecule has 0 saturated carbocycles. The molecule has 1 atom stereocenters. The van der Waals surface area contributed by atoms with Gasteiger partial charge in [-0.1, -0.05) is 18.2 Å². The third-order valence-electron chi connectivity index (χ3n) is 2.97. The third kappa shape index (κ3) is 2.77. The van der Waals surface area contributed by atoms with Crippen molar-refractivity contribution in [2.75, 3.05) is 0 Å². The number of hydrogen-bond acceptors (Lipinski definition) is 2. The van der Waals surface area contributed by atoms with Gasteiger partial charge < -0.3 is 10.5 Å². The average Bonchev–Trinajstić information content (AvgIpc) is 2.47. The molecule has 100 valence electrons. The second-order valence-corrected chi connectivity index (χ2v) is 5.30. The number of hydrogen-bond donors (Lipinski definition) is 1. The van der Waals surface area contributed by atoms with E-state index in [9.17, 15) is 13.2 Å². The fraction of sp³-hybridized carbons (Fsp3) is 0.538. The van der Waals surface area contributed by atoms with E-state index in [4.69, 9.17) is 10.5 Å². The van der Waals surface area contributed by atoms with E-state index in [1.54, 1.807) is 12.1 Å². The Bertz CT molecular complexity index is 454. The van der Waals surface area contributed by atoms with E-state index < -0.39 is 18.6 Å². The molecular weight excluding hydrogens is 243 g/mol. The Morgan fingerprint density at radius 2 is 2.06 bits per heavy atom. The van der Waals surface area contributed by atoms with Gasteiger partial charge in [0.15, 0.2) is 0 Å². The molecule has 1 heterocycles. The van der Waals surface area contributed by atoms with Crippen molar-refractivity contribution < 1.29 is 17.9 Å². The lowest BCUT2D eigenvalue weighted by Gasteiger charge is -2.20. The summed E-state index contributed by atoms with van der Waals surface area (Å²) in [6.45, 7) is 3.82. The van der Waals surface area contributed by atoms with Gasteiger partial charge in [0, 0.05) is 18.0 Å². The monoisotopic (exact) mass is 259 g/mol. The van der Waals surface area contributed by atoms with Crippen molar-refractivity contribution in [2.24, 2.45) is 5.73 Å². The highest BCUT2D eigenvalue weighted by atomic mass is 19.4. The minimum absolute atomic E-state index is 0.379. The second-order valence-electron chi connectivity index (χ2n) is 5.30. The molecule has 1 aromatic carbocycles. The molecule has 0 aromatic heterocycles. The fourth-order valence-electron chi connectivity index (χ4n) is 2.29. The van der Waals surface area contributed by atoms with Gasteiger partial charge in [-0.05, 0) is 19.4 Å². The molecule has 2 nitrogen and oxygen atoms in total. The largest absolute Gasteiger partial charge is 0.487 e. The molecule has 0 unspecified atom stereocenters. The van der Waals surface area contributed by atoms with Crippen molar-refractivity contribution in [1.82, 2.24) is 0 Å². The normalized spacial score (nSPS) is 19.2. The Morgan fingerprint density at radius 3 is 2.67 bits per heavy atom. The fourth-order valence-corrected chi connectivity index (χ4v) is 2.29. The zero-order chi connectivity index (χ0) is 13.6. The molecular formula is C13H16F3NO. The maximum absolute atomic E-state index is 12.4. The van der Waals surface area contributed by atoms with Crippen LogP contribution in [0.4, 0.5) is 13.2 Å². The summed E-state index contributed by atoms with van der Waals surface area (Å²) >= 11 is 0. The van der Waals surface area contributed by atoms with Crippen LogP contribution in [0.3, 0.4) is 0 Å². The molecule has 0 amide bonds. The van der Waals surface area contributed by atoms with Gasteiger partial charge in [0.1, 0.15) is 11.4 Å². The van der Waals surface area contributed by atoms with Crippen LogP contribution in [-0.4, -0.2) is 11.8 Å². The van der Waals surface area contributed by atoms with Crippen LogP contribution in [0.15, 0.2) is 18.2 Å². The summed E-state index contributed by atoms with van der Waals surface area (Å²) < 4.78 is 42.8. The van der Waals surface area contributed by atoms with Gasteiger partial charge in [-0.2, -0.15) is 13.2 Å². The average molecular weight is 259 g/mol.